The normalized spacial score (nSPS) is 37.7. The third kappa shape index (κ3) is 6.11. The fraction of sp³-hybridized carbons (Fsp3) is 0.923. The van der Waals surface area contributed by atoms with Crippen LogP contribution in [-0.2, 0) is 14.3 Å². The Morgan fingerprint density at radius 1 is 0.941 bits per heavy atom. The van der Waals surface area contributed by atoms with E-state index < -0.39 is 18.4 Å². The first-order valence-corrected chi connectivity index (χ1v) is 13.5. The molecule has 4 aliphatic rings. The number of hydrogen-bond acceptors (Lipinski definition) is 5. The van der Waals surface area contributed by atoms with E-state index >= 15 is 0 Å². The number of likely N-dealkylation sites (tertiary alicyclic amines) is 2. The van der Waals surface area contributed by atoms with Crippen molar-refractivity contribution in [2.45, 2.75) is 95.6 Å². The Bertz CT molecular complexity index is 691. The van der Waals surface area contributed by atoms with Crippen molar-refractivity contribution in [3.8, 4) is 0 Å². The van der Waals surface area contributed by atoms with Crippen LogP contribution in [0.15, 0.2) is 0 Å². The molecule has 0 bridgehead atoms. The first-order valence-electron chi connectivity index (χ1n) is 13.5. The summed E-state index contributed by atoms with van der Waals surface area (Å²) in [6.45, 7) is 3.84. The minimum absolute atomic E-state index is 0.0751. The molecule has 4 rings (SSSR count). The van der Waals surface area contributed by atoms with Crippen LogP contribution < -0.4 is 0 Å². The number of aliphatic hydroxyl groups excluding tert-OH is 2. The number of rotatable bonds is 6. The molecule has 2 saturated heterocycles. The molecule has 0 aromatic heterocycles. The zero-order valence-electron chi connectivity index (χ0n) is 20.6. The number of nitrogens with zero attached hydrogens (tertiary/aromatic N) is 2. The number of piperidine rings is 1. The summed E-state index contributed by atoms with van der Waals surface area (Å²) < 4.78 is 20.5. The number of halogens is 1. The number of amides is 2. The third-order valence-electron chi connectivity index (χ3n) is 8.98. The molecule has 8 heteroatoms. The molecular weight excluding hydrogens is 439 g/mol. The molecule has 0 radical (unpaired) electrons. The summed E-state index contributed by atoms with van der Waals surface area (Å²) in [4.78, 5) is 29.0. The van der Waals surface area contributed by atoms with E-state index in [4.69, 9.17) is 4.74 Å². The number of carbonyl (C=O) groups is 2. The molecule has 2 heterocycles. The summed E-state index contributed by atoms with van der Waals surface area (Å²) in [5.41, 5.74) is 0. The van der Waals surface area contributed by atoms with Gasteiger partial charge in [0.2, 0.25) is 11.8 Å². The molecule has 0 aromatic carbocycles. The predicted octanol–water partition coefficient (Wildman–Crippen LogP) is 2.53. The van der Waals surface area contributed by atoms with E-state index in [2.05, 4.69) is 6.92 Å². The highest BCUT2D eigenvalue weighted by Crippen LogP contribution is 2.41. The van der Waals surface area contributed by atoms with Crippen LogP contribution in [0.2, 0.25) is 0 Å². The minimum atomic E-state index is -0.897. The second-order valence-electron chi connectivity index (χ2n) is 11.2. The molecule has 7 atom stereocenters. The molecule has 194 valence electrons. The van der Waals surface area contributed by atoms with Gasteiger partial charge in [-0.05, 0) is 69.1 Å². The molecule has 4 fully saturated rings. The SMILES string of the molecule is CCC1CCC(F)C(C2CCN(C(=O)C3CCCC(OCC(=O)N4C[C@@H](O)[C@@H](O)C4)C3)CC2)C1. The van der Waals surface area contributed by atoms with Gasteiger partial charge in [0.05, 0.1) is 18.3 Å². The lowest BCUT2D eigenvalue weighted by Crippen LogP contribution is -2.46. The lowest BCUT2D eigenvalue weighted by atomic mass is 9.70. The molecular formula is C26H43FN2O5. The van der Waals surface area contributed by atoms with Crippen LogP contribution in [0.4, 0.5) is 4.39 Å². The Morgan fingerprint density at radius 2 is 1.65 bits per heavy atom. The van der Waals surface area contributed by atoms with Crippen molar-refractivity contribution in [1.29, 1.82) is 0 Å². The average molecular weight is 483 g/mol. The zero-order valence-corrected chi connectivity index (χ0v) is 20.6. The Morgan fingerprint density at radius 3 is 2.32 bits per heavy atom. The van der Waals surface area contributed by atoms with Crippen LogP contribution in [0, 0.1) is 23.7 Å². The van der Waals surface area contributed by atoms with Gasteiger partial charge in [0.25, 0.3) is 0 Å². The fourth-order valence-electron chi connectivity index (χ4n) is 6.70. The summed E-state index contributed by atoms with van der Waals surface area (Å²) in [5, 5.41) is 19.3. The molecule has 2 amide bonds. The number of hydrogen-bond donors (Lipinski definition) is 2. The van der Waals surface area contributed by atoms with Gasteiger partial charge in [0, 0.05) is 32.1 Å². The van der Waals surface area contributed by atoms with E-state index in [1.165, 1.54) is 4.90 Å². The lowest BCUT2D eigenvalue weighted by Gasteiger charge is -2.42. The maximum Gasteiger partial charge on any atom is 0.248 e. The Balaban J connectivity index is 1.21. The second-order valence-corrected chi connectivity index (χ2v) is 11.2. The molecule has 2 saturated carbocycles. The maximum absolute atomic E-state index is 14.7. The highest BCUT2D eigenvalue weighted by molar-refractivity contribution is 5.79. The predicted molar refractivity (Wildman–Crippen MR) is 126 cm³/mol. The number of alkyl halides is 1. The van der Waals surface area contributed by atoms with Gasteiger partial charge in [-0.3, -0.25) is 9.59 Å². The largest absolute Gasteiger partial charge is 0.388 e. The molecule has 34 heavy (non-hydrogen) atoms. The molecule has 5 unspecified atom stereocenters. The fourth-order valence-corrected chi connectivity index (χ4v) is 6.70. The van der Waals surface area contributed by atoms with E-state index in [1.807, 2.05) is 4.90 Å². The molecule has 0 aromatic rings. The monoisotopic (exact) mass is 482 g/mol. The van der Waals surface area contributed by atoms with E-state index in [1.54, 1.807) is 0 Å². The van der Waals surface area contributed by atoms with Gasteiger partial charge >= 0.3 is 0 Å². The summed E-state index contributed by atoms with van der Waals surface area (Å²) in [6, 6.07) is 0. The summed E-state index contributed by atoms with van der Waals surface area (Å²) in [7, 11) is 0. The number of aliphatic hydroxyl groups is 2. The van der Waals surface area contributed by atoms with Crippen molar-refractivity contribution in [2.24, 2.45) is 23.7 Å². The van der Waals surface area contributed by atoms with Crippen LogP contribution in [-0.4, -0.2) is 89.1 Å². The van der Waals surface area contributed by atoms with Crippen LogP contribution >= 0.6 is 0 Å². The smallest absolute Gasteiger partial charge is 0.248 e. The Labute approximate surface area is 203 Å². The zero-order chi connectivity index (χ0) is 24.2. The van der Waals surface area contributed by atoms with Crippen molar-refractivity contribution in [1.82, 2.24) is 9.80 Å². The number of carbonyl (C=O) groups excluding carboxylic acids is 2. The quantitative estimate of drug-likeness (QED) is 0.607. The molecule has 7 nitrogen and oxygen atoms in total. The highest BCUT2D eigenvalue weighted by Gasteiger charge is 2.39. The first-order chi connectivity index (χ1) is 16.4. The topological polar surface area (TPSA) is 90.3 Å². The third-order valence-corrected chi connectivity index (χ3v) is 8.98. The summed E-state index contributed by atoms with van der Waals surface area (Å²) in [6.07, 6.45) is 6.29. The molecule has 2 aliphatic carbocycles. The van der Waals surface area contributed by atoms with E-state index in [0.29, 0.717) is 24.7 Å². The van der Waals surface area contributed by atoms with Crippen LogP contribution in [0.25, 0.3) is 0 Å². The van der Waals surface area contributed by atoms with Crippen molar-refractivity contribution in [3.05, 3.63) is 0 Å². The molecule has 2 N–H and O–H groups in total. The minimum Gasteiger partial charge on any atom is -0.388 e. The van der Waals surface area contributed by atoms with Gasteiger partial charge in [-0.15, -0.1) is 0 Å². The van der Waals surface area contributed by atoms with Gasteiger partial charge in [0.1, 0.15) is 12.8 Å². The lowest BCUT2D eigenvalue weighted by molar-refractivity contribution is -0.143. The van der Waals surface area contributed by atoms with E-state index in [9.17, 15) is 24.2 Å². The average Bonchev–Trinajstić information content (AvgIpc) is 3.21. The van der Waals surface area contributed by atoms with Crippen molar-refractivity contribution in [3.63, 3.8) is 0 Å². The van der Waals surface area contributed by atoms with Gasteiger partial charge in [-0.2, -0.15) is 0 Å². The van der Waals surface area contributed by atoms with E-state index in [0.717, 1.165) is 64.5 Å². The van der Waals surface area contributed by atoms with Gasteiger partial charge < -0.3 is 24.7 Å². The molecule has 2 aliphatic heterocycles. The van der Waals surface area contributed by atoms with E-state index in [-0.39, 0.29) is 49.5 Å². The second kappa shape index (κ2) is 11.7. The first kappa shape index (κ1) is 25.8. The highest BCUT2D eigenvalue weighted by atomic mass is 19.1. The van der Waals surface area contributed by atoms with Crippen molar-refractivity contribution in [2.75, 3.05) is 32.8 Å². The van der Waals surface area contributed by atoms with Crippen LogP contribution in [0.3, 0.4) is 0 Å². The molecule has 0 spiro atoms. The number of ether oxygens (including phenoxy) is 1. The van der Waals surface area contributed by atoms with Gasteiger partial charge in [-0.25, -0.2) is 4.39 Å². The maximum atomic E-state index is 14.7. The summed E-state index contributed by atoms with van der Waals surface area (Å²) >= 11 is 0. The van der Waals surface area contributed by atoms with Crippen molar-refractivity contribution >= 4 is 11.8 Å². The Kier molecular flexibility index (Phi) is 8.86. The summed E-state index contributed by atoms with van der Waals surface area (Å²) in [5.74, 6) is 1.10. The van der Waals surface area contributed by atoms with Gasteiger partial charge in [0.15, 0.2) is 0 Å². The van der Waals surface area contributed by atoms with Crippen LogP contribution in [0.1, 0.15) is 71.1 Å². The number of β-amino-alcohol motifs (C(OH)–C–C–N with tert-alkyl or cyclic N) is 2. The standard InChI is InChI=1S/C26H43FN2O5/c1-2-17-6-7-22(27)21(12-17)18-8-10-28(11-9-18)26(33)19-4-3-5-20(13-19)34-16-25(32)29-14-23(30)24(31)15-29/h17-24,30-31H,2-16H2,1H3/t17?,19?,20?,21?,22?,23-,24+. The van der Waals surface area contributed by atoms with Gasteiger partial charge in [-0.1, -0.05) is 19.8 Å². The Hall–Kier alpha value is -1.25. The van der Waals surface area contributed by atoms with Crippen LogP contribution in [0.5, 0.6) is 0 Å². The van der Waals surface area contributed by atoms with Crippen molar-refractivity contribution < 1.29 is 28.9 Å².